The molecule has 1 rings (SSSR count). The first-order valence-electron chi connectivity index (χ1n) is 5.65. The maximum Gasteiger partial charge on any atom is 0.170 e. The second-order valence-corrected chi connectivity index (χ2v) is 3.55. The van der Waals surface area contributed by atoms with Gasteiger partial charge in [0, 0.05) is 0 Å². The molecule has 0 saturated heterocycles. The van der Waals surface area contributed by atoms with E-state index in [1.807, 2.05) is 23.5 Å². The molecule has 0 bridgehead atoms. The molecule has 0 heterocycles. The zero-order chi connectivity index (χ0) is 12.5. The minimum Gasteiger partial charge on any atom is -0.493 e. The third-order valence-electron chi connectivity index (χ3n) is 2.32. The third kappa shape index (κ3) is 4.09. The quantitative estimate of drug-likeness (QED) is 0.506. The molecular weight excluding hydrogens is 218 g/mol. The maximum absolute atomic E-state index is 8.76. The van der Waals surface area contributed by atoms with E-state index >= 15 is 0 Å². The summed E-state index contributed by atoms with van der Waals surface area (Å²) in [5.74, 6) is 1.48. The van der Waals surface area contributed by atoms with Gasteiger partial charge in [-0.3, -0.25) is 0 Å². The normalized spacial score (nSPS) is 10.0. The van der Waals surface area contributed by atoms with E-state index < -0.39 is 0 Å². The Labute approximate surface area is 102 Å². The Hall–Kier alpha value is -1.52. The number of quaternary nitrogens is 1. The molecular formula is C13H20NO3+. The van der Waals surface area contributed by atoms with E-state index in [-0.39, 0.29) is 6.61 Å². The van der Waals surface area contributed by atoms with Crippen LogP contribution in [-0.4, -0.2) is 32.0 Å². The number of hydrogen-bond acceptors (Lipinski definition) is 3. The predicted molar refractivity (Wildman–Crippen MR) is 66.3 cm³/mol. The van der Waals surface area contributed by atoms with Gasteiger partial charge < -0.3 is 19.9 Å². The first-order chi connectivity index (χ1) is 8.33. The molecule has 3 N–H and O–H groups in total. The second kappa shape index (κ2) is 7.70. The molecule has 0 fully saturated rings. The summed E-state index contributed by atoms with van der Waals surface area (Å²) in [6.07, 6.45) is 1.70. The number of para-hydroxylation sites is 1. The summed E-state index contributed by atoms with van der Waals surface area (Å²) < 4.78 is 10.9. The Kier molecular flexibility index (Phi) is 6.14. The van der Waals surface area contributed by atoms with Gasteiger partial charge in [0.05, 0.1) is 25.8 Å². The van der Waals surface area contributed by atoms with E-state index in [0.717, 1.165) is 23.6 Å². The third-order valence-corrected chi connectivity index (χ3v) is 2.32. The molecule has 1 aromatic rings. The molecule has 17 heavy (non-hydrogen) atoms. The van der Waals surface area contributed by atoms with E-state index in [4.69, 9.17) is 14.6 Å². The fourth-order valence-corrected chi connectivity index (χ4v) is 1.54. The van der Waals surface area contributed by atoms with Crippen LogP contribution in [0.4, 0.5) is 0 Å². The minimum absolute atomic E-state index is 0.173. The van der Waals surface area contributed by atoms with Crippen molar-refractivity contribution in [2.24, 2.45) is 0 Å². The van der Waals surface area contributed by atoms with E-state index in [1.165, 1.54) is 0 Å². The molecule has 4 nitrogen and oxygen atoms in total. The number of nitrogens with two attached hydrogens (primary N) is 1. The summed E-state index contributed by atoms with van der Waals surface area (Å²) in [4.78, 5) is 0. The molecule has 0 atom stereocenters. The number of aliphatic hydroxyl groups excluding tert-OH is 1. The van der Waals surface area contributed by atoms with Crippen LogP contribution in [0.15, 0.2) is 30.9 Å². The van der Waals surface area contributed by atoms with Crippen molar-refractivity contribution in [3.63, 3.8) is 0 Å². The van der Waals surface area contributed by atoms with E-state index in [9.17, 15) is 0 Å². The van der Waals surface area contributed by atoms with Gasteiger partial charge >= 0.3 is 0 Å². The van der Waals surface area contributed by atoms with Gasteiger partial charge in [0.2, 0.25) is 0 Å². The Bertz CT molecular complexity index is 353. The average molecular weight is 238 g/mol. The number of methoxy groups -OCH3 is 1. The van der Waals surface area contributed by atoms with Crippen LogP contribution in [0.5, 0.6) is 11.5 Å². The molecule has 0 amide bonds. The van der Waals surface area contributed by atoms with Crippen LogP contribution in [0.1, 0.15) is 5.56 Å². The van der Waals surface area contributed by atoms with Gasteiger partial charge in [0.1, 0.15) is 13.2 Å². The van der Waals surface area contributed by atoms with Crippen molar-refractivity contribution in [1.82, 2.24) is 0 Å². The number of rotatable bonds is 8. The van der Waals surface area contributed by atoms with Crippen molar-refractivity contribution in [3.8, 4) is 11.5 Å². The van der Waals surface area contributed by atoms with E-state index in [2.05, 4.69) is 6.58 Å². The molecule has 94 valence electrons. The SMILES string of the molecule is C=CCOc1c(C[NH2+]CCO)cccc1OC. The molecule has 0 saturated carbocycles. The second-order valence-electron chi connectivity index (χ2n) is 3.55. The van der Waals surface area contributed by atoms with Crippen molar-refractivity contribution in [1.29, 1.82) is 0 Å². The smallest absolute Gasteiger partial charge is 0.170 e. The summed E-state index contributed by atoms with van der Waals surface area (Å²) in [6.45, 7) is 5.69. The fourth-order valence-electron chi connectivity index (χ4n) is 1.54. The van der Waals surface area contributed by atoms with Crippen molar-refractivity contribution in [2.45, 2.75) is 6.54 Å². The van der Waals surface area contributed by atoms with Gasteiger partial charge in [-0.25, -0.2) is 0 Å². The number of ether oxygens (including phenoxy) is 2. The van der Waals surface area contributed by atoms with Crippen molar-refractivity contribution in [3.05, 3.63) is 36.4 Å². The summed E-state index contributed by atoms with van der Waals surface area (Å²) >= 11 is 0. The van der Waals surface area contributed by atoms with Gasteiger partial charge in [-0.15, -0.1) is 0 Å². The summed E-state index contributed by atoms with van der Waals surface area (Å²) in [6, 6.07) is 5.80. The zero-order valence-corrected chi connectivity index (χ0v) is 10.2. The van der Waals surface area contributed by atoms with Crippen LogP contribution in [0, 0.1) is 0 Å². The van der Waals surface area contributed by atoms with E-state index in [0.29, 0.717) is 13.2 Å². The molecule has 0 aliphatic rings. The molecule has 0 radical (unpaired) electrons. The number of aliphatic hydroxyl groups is 1. The molecule has 0 unspecified atom stereocenters. The highest BCUT2D eigenvalue weighted by Crippen LogP contribution is 2.30. The molecule has 4 heteroatoms. The molecule has 0 aliphatic carbocycles. The summed E-state index contributed by atoms with van der Waals surface area (Å²) in [5.41, 5.74) is 1.06. The predicted octanol–water partition coefficient (Wildman–Crippen LogP) is 0.316. The highest BCUT2D eigenvalue weighted by molar-refractivity contribution is 5.46. The lowest BCUT2D eigenvalue weighted by atomic mass is 10.2. The monoisotopic (exact) mass is 238 g/mol. The minimum atomic E-state index is 0.173. The van der Waals surface area contributed by atoms with Crippen LogP contribution in [-0.2, 0) is 6.54 Å². The van der Waals surface area contributed by atoms with Gasteiger partial charge in [-0.1, -0.05) is 18.7 Å². The van der Waals surface area contributed by atoms with Crippen LogP contribution in [0.25, 0.3) is 0 Å². The van der Waals surface area contributed by atoms with Crippen LogP contribution in [0.3, 0.4) is 0 Å². The fraction of sp³-hybridized carbons (Fsp3) is 0.385. The standard InChI is InChI=1S/C13H19NO3/c1-3-9-17-13-11(10-14-7-8-15)5-4-6-12(13)16-2/h3-6,14-15H,1,7-10H2,2H3/p+1. The van der Waals surface area contributed by atoms with Gasteiger partial charge in [-0.2, -0.15) is 0 Å². The lowest BCUT2D eigenvalue weighted by molar-refractivity contribution is -0.671. The van der Waals surface area contributed by atoms with Crippen molar-refractivity contribution in [2.75, 3.05) is 26.9 Å². The highest BCUT2D eigenvalue weighted by Gasteiger charge is 2.11. The molecule has 0 spiro atoms. The first kappa shape index (κ1) is 13.5. The van der Waals surface area contributed by atoms with E-state index in [1.54, 1.807) is 13.2 Å². The largest absolute Gasteiger partial charge is 0.493 e. The van der Waals surface area contributed by atoms with Crippen molar-refractivity contribution >= 4 is 0 Å². The topological polar surface area (TPSA) is 55.3 Å². The molecule has 0 aliphatic heterocycles. The first-order valence-corrected chi connectivity index (χ1v) is 5.65. The lowest BCUT2D eigenvalue weighted by Gasteiger charge is -2.13. The summed E-state index contributed by atoms with van der Waals surface area (Å²) in [7, 11) is 1.62. The van der Waals surface area contributed by atoms with Gasteiger partial charge in [0.15, 0.2) is 11.5 Å². The van der Waals surface area contributed by atoms with Gasteiger partial charge in [-0.05, 0) is 12.1 Å². The van der Waals surface area contributed by atoms with Crippen LogP contribution >= 0.6 is 0 Å². The lowest BCUT2D eigenvalue weighted by Crippen LogP contribution is -2.83. The van der Waals surface area contributed by atoms with Crippen LogP contribution < -0.4 is 14.8 Å². The Morgan fingerprint density at radius 3 is 2.94 bits per heavy atom. The summed E-state index contributed by atoms with van der Waals surface area (Å²) in [5, 5.41) is 10.8. The van der Waals surface area contributed by atoms with Crippen LogP contribution in [0.2, 0.25) is 0 Å². The zero-order valence-electron chi connectivity index (χ0n) is 10.2. The Morgan fingerprint density at radius 2 is 2.29 bits per heavy atom. The number of benzene rings is 1. The van der Waals surface area contributed by atoms with Gasteiger partial charge in [0.25, 0.3) is 0 Å². The number of hydrogen-bond donors (Lipinski definition) is 2. The highest BCUT2D eigenvalue weighted by atomic mass is 16.5. The Morgan fingerprint density at radius 1 is 1.47 bits per heavy atom. The Balaban J connectivity index is 2.81. The maximum atomic E-state index is 8.76. The average Bonchev–Trinajstić information content (AvgIpc) is 2.37. The molecule has 0 aromatic heterocycles. The van der Waals surface area contributed by atoms with Crippen molar-refractivity contribution < 1.29 is 19.9 Å². The molecule has 1 aromatic carbocycles.